The van der Waals surface area contributed by atoms with Crippen molar-refractivity contribution >= 4 is 24.2 Å². The van der Waals surface area contributed by atoms with Crippen LogP contribution in [0.4, 0.5) is 4.39 Å². The van der Waals surface area contributed by atoms with Crippen molar-refractivity contribution in [1.29, 1.82) is 0 Å². The molecule has 1 rings (SSSR count). The molecule has 0 bridgehead atoms. The molecule has 0 unspecified atom stereocenters. The molecule has 0 atom stereocenters. The zero-order chi connectivity index (χ0) is 8.97. The predicted octanol–water partition coefficient (Wildman–Crippen LogP) is 3.29. The summed E-state index contributed by atoms with van der Waals surface area (Å²) in [5.74, 6) is 0.384. The lowest BCUT2D eigenvalue weighted by Gasteiger charge is -2.01. The van der Waals surface area contributed by atoms with Crippen LogP contribution in [0.1, 0.15) is 12.0 Å². The first-order chi connectivity index (χ1) is 5.74. The van der Waals surface area contributed by atoms with Crippen molar-refractivity contribution in [3.63, 3.8) is 0 Å². The van der Waals surface area contributed by atoms with Crippen LogP contribution in [0.5, 0.6) is 0 Å². The summed E-state index contributed by atoms with van der Waals surface area (Å²) in [6.07, 6.45) is 1.51. The van der Waals surface area contributed by atoms with Gasteiger partial charge in [-0.3, -0.25) is 0 Å². The first kappa shape index (κ1) is 9.87. The van der Waals surface area contributed by atoms with E-state index in [2.05, 4.69) is 12.6 Å². The number of alkyl halides is 1. The van der Waals surface area contributed by atoms with Crippen molar-refractivity contribution < 1.29 is 4.39 Å². The molecule has 0 N–H and O–H groups in total. The van der Waals surface area contributed by atoms with Crippen LogP contribution in [-0.2, 0) is 6.42 Å². The highest BCUT2D eigenvalue weighted by atomic mass is 35.5. The first-order valence-corrected chi connectivity index (χ1v) is 4.75. The van der Waals surface area contributed by atoms with E-state index in [9.17, 15) is 4.39 Å². The summed E-state index contributed by atoms with van der Waals surface area (Å²) in [5, 5.41) is 0. The van der Waals surface area contributed by atoms with Gasteiger partial charge in [0.15, 0.2) is 0 Å². The smallest absolute Gasteiger partial charge is 0.127 e. The lowest BCUT2D eigenvalue weighted by atomic mass is 10.1. The molecular weight excluding hydrogens is 195 g/mol. The van der Waals surface area contributed by atoms with Crippen LogP contribution in [0.3, 0.4) is 0 Å². The van der Waals surface area contributed by atoms with Gasteiger partial charge < -0.3 is 0 Å². The fourth-order valence-electron chi connectivity index (χ4n) is 0.996. The highest BCUT2D eigenvalue weighted by Crippen LogP contribution is 2.14. The number of benzene rings is 1. The Morgan fingerprint density at radius 1 is 1.42 bits per heavy atom. The van der Waals surface area contributed by atoms with Crippen LogP contribution in [0.25, 0.3) is 0 Å². The van der Waals surface area contributed by atoms with E-state index in [0.29, 0.717) is 22.8 Å². The maximum atomic E-state index is 13.1. The monoisotopic (exact) mass is 204 g/mol. The lowest BCUT2D eigenvalue weighted by molar-refractivity contribution is 0.604. The molecule has 0 nitrogen and oxygen atoms in total. The van der Waals surface area contributed by atoms with Crippen LogP contribution in [-0.4, -0.2) is 5.88 Å². The molecule has 0 fully saturated rings. The fraction of sp³-hybridized carbons (Fsp3) is 0.333. The summed E-state index contributed by atoms with van der Waals surface area (Å²) in [4.78, 5) is 0.655. The van der Waals surface area contributed by atoms with Crippen LogP contribution >= 0.6 is 24.2 Å². The largest absolute Gasteiger partial charge is 0.207 e. The Morgan fingerprint density at radius 2 is 2.17 bits per heavy atom. The first-order valence-electron chi connectivity index (χ1n) is 3.77. The average molecular weight is 205 g/mol. The maximum absolute atomic E-state index is 13.1. The van der Waals surface area contributed by atoms with Gasteiger partial charge in [-0.05, 0) is 30.5 Å². The Balaban J connectivity index is 2.72. The van der Waals surface area contributed by atoms with E-state index in [4.69, 9.17) is 11.6 Å². The Morgan fingerprint density at radius 3 is 2.75 bits per heavy atom. The average Bonchev–Trinajstić information content (AvgIpc) is 2.03. The van der Waals surface area contributed by atoms with Crippen molar-refractivity contribution in [3.8, 4) is 0 Å². The Kier molecular flexibility index (Phi) is 3.89. The van der Waals surface area contributed by atoms with Crippen LogP contribution < -0.4 is 0 Å². The van der Waals surface area contributed by atoms with Gasteiger partial charge in [-0.2, -0.15) is 0 Å². The molecule has 0 saturated heterocycles. The van der Waals surface area contributed by atoms with Gasteiger partial charge in [0.05, 0.1) is 0 Å². The second-order valence-electron chi connectivity index (χ2n) is 2.57. The minimum Gasteiger partial charge on any atom is -0.207 e. The highest BCUT2D eigenvalue weighted by Gasteiger charge is 2.00. The van der Waals surface area contributed by atoms with E-state index in [1.54, 1.807) is 12.1 Å². The predicted molar refractivity (Wildman–Crippen MR) is 52.7 cm³/mol. The third kappa shape index (κ3) is 2.68. The molecule has 0 aliphatic rings. The van der Waals surface area contributed by atoms with Crippen molar-refractivity contribution in [3.05, 3.63) is 29.6 Å². The number of aryl methyl sites for hydroxylation is 1. The fourth-order valence-corrected chi connectivity index (χ4v) is 1.32. The molecule has 0 amide bonds. The van der Waals surface area contributed by atoms with E-state index in [0.717, 1.165) is 6.42 Å². The molecule has 1 aromatic rings. The molecule has 0 aromatic heterocycles. The summed E-state index contributed by atoms with van der Waals surface area (Å²) >= 11 is 9.52. The molecule has 0 radical (unpaired) electrons. The van der Waals surface area contributed by atoms with Crippen molar-refractivity contribution in [2.75, 3.05) is 5.88 Å². The van der Waals surface area contributed by atoms with E-state index < -0.39 is 0 Å². The SMILES string of the molecule is Fc1cc(S)ccc1CCCCl. The van der Waals surface area contributed by atoms with E-state index in [1.165, 1.54) is 6.07 Å². The van der Waals surface area contributed by atoms with Gasteiger partial charge in [0.25, 0.3) is 0 Å². The number of hydrogen-bond donors (Lipinski definition) is 1. The molecule has 0 aliphatic carbocycles. The third-order valence-electron chi connectivity index (χ3n) is 1.62. The minimum absolute atomic E-state index is 0.187. The van der Waals surface area contributed by atoms with E-state index in [-0.39, 0.29) is 5.82 Å². The quantitative estimate of drug-likeness (QED) is 0.567. The molecule has 3 heteroatoms. The highest BCUT2D eigenvalue weighted by molar-refractivity contribution is 7.80. The zero-order valence-electron chi connectivity index (χ0n) is 6.56. The summed E-state index contributed by atoms with van der Waals surface area (Å²) in [5.41, 5.74) is 0.716. The molecule has 0 aliphatic heterocycles. The maximum Gasteiger partial charge on any atom is 0.127 e. The van der Waals surface area contributed by atoms with Gasteiger partial charge in [-0.15, -0.1) is 24.2 Å². The topological polar surface area (TPSA) is 0 Å². The van der Waals surface area contributed by atoms with E-state index >= 15 is 0 Å². The Hall–Kier alpha value is -0.210. The van der Waals surface area contributed by atoms with Crippen molar-refractivity contribution in [1.82, 2.24) is 0 Å². The number of halogens is 2. The van der Waals surface area contributed by atoms with Gasteiger partial charge in [0.1, 0.15) is 5.82 Å². The second-order valence-corrected chi connectivity index (χ2v) is 3.46. The Bertz CT molecular complexity index is 263. The van der Waals surface area contributed by atoms with Gasteiger partial charge in [-0.1, -0.05) is 6.07 Å². The summed E-state index contributed by atoms with van der Waals surface area (Å²) in [6.45, 7) is 0. The molecule has 1 aromatic carbocycles. The number of rotatable bonds is 3. The summed E-state index contributed by atoms with van der Waals surface area (Å²) in [7, 11) is 0. The molecule has 0 saturated carbocycles. The third-order valence-corrected chi connectivity index (χ3v) is 2.16. The van der Waals surface area contributed by atoms with E-state index in [1.807, 2.05) is 0 Å². The standard InChI is InChI=1S/C9H10ClFS/c10-5-1-2-7-3-4-8(12)6-9(7)11/h3-4,6,12H,1-2,5H2. The van der Waals surface area contributed by atoms with Crippen LogP contribution in [0.2, 0.25) is 0 Å². The lowest BCUT2D eigenvalue weighted by Crippen LogP contribution is -1.91. The van der Waals surface area contributed by atoms with Gasteiger partial charge in [0, 0.05) is 10.8 Å². The normalized spacial score (nSPS) is 10.2. The minimum atomic E-state index is -0.187. The van der Waals surface area contributed by atoms with Gasteiger partial charge >= 0.3 is 0 Å². The molecule has 0 heterocycles. The van der Waals surface area contributed by atoms with Crippen molar-refractivity contribution in [2.45, 2.75) is 17.7 Å². The molecule has 12 heavy (non-hydrogen) atoms. The number of thiol groups is 1. The zero-order valence-corrected chi connectivity index (χ0v) is 8.21. The van der Waals surface area contributed by atoms with Gasteiger partial charge in [0.2, 0.25) is 0 Å². The van der Waals surface area contributed by atoms with Crippen LogP contribution in [0.15, 0.2) is 23.1 Å². The summed E-state index contributed by atoms with van der Waals surface area (Å²) in [6, 6.07) is 4.96. The molecule has 66 valence electrons. The van der Waals surface area contributed by atoms with Crippen LogP contribution in [0, 0.1) is 5.82 Å². The van der Waals surface area contributed by atoms with Gasteiger partial charge in [-0.25, -0.2) is 4.39 Å². The number of hydrogen-bond acceptors (Lipinski definition) is 1. The molecule has 0 spiro atoms. The second kappa shape index (κ2) is 4.73. The summed E-state index contributed by atoms with van der Waals surface area (Å²) < 4.78 is 13.1. The Labute approximate surface area is 82.2 Å². The molecular formula is C9H10ClFS. The van der Waals surface area contributed by atoms with Crippen molar-refractivity contribution in [2.24, 2.45) is 0 Å².